The Labute approximate surface area is 89.7 Å². The smallest absolute Gasteiger partial charge is 0.135 e. The molecule has 0 aromatic heterocycles. The van der Waals surface area contributed by atoms with Crippen LogP contribution in [0, 0.1) is 0 Å². The van der Waals surface area contributed by atoms with Gasteiger partial charge in [-0.05, 0) is 17.7 Å². The first-order chi connectivity index (χ1) is 7.17. The summed E-state index contributed by atoms with van der Waals surface area (Å²) in [5, 5.41) is 9.72. The Hall–Kier alpha value is -1.35. The lowest BCUT2D eigenvalue weighted by Gasteiger charge is -2.10. The minimum Gasteiger partial charge on any atom is -0.497 e. The Balaban J connectivity index is 2.65. The number of benzene rings is 1. The topological polar surface area (TPSA) is 46.5 Å². The molecular weight excluding hydrogens is 192 g/mol. The highest BCUT2D eigenvalue weighted by Crippen LogP contribution is 2.20. The number of Topliss-reactive ketones (excluding diaryl/α,β-unsaturated/α-hetero) is 1. The summed E-state index contributed by atoms with van der Waals surface area (Å²) in [6.07, 6.45) is -0.0564. The number of carbonyl (C=O) groups excluding carboxylic acids is 1. The highest BCUT2D eigenvalue weighted by molar-refractivity contribution is 5.78. The van der Waals surface area contributed by atoms with E-state index in [1.54, 1.807) is 38.3 Å². The number of hydrogen-bond acceptors (Lipinski definition) is 3. The second-order valence-corrected chi connectivity index (χ2v) is 3.39. The van der Waals surface area contributed by atoms with Gasteiger partial charge in [0.25, 0.3) is 0 Å². The molecule has 0 bridgehead atoms. The quantitative estimate of drug-likeness (QED) is 0.806. The minimum atomic E-state index is -0.705. The Morgan fingerprint density at radius 3 is 2.47 bits per heavy atom. The lowest BCUT2D eigenvalue weighted by atomic mass is 10.0. The number of aliphatic hydroxyl groups excluding tert-OH is 1. The number of ketones is 1. The molecule has 3 nitrogen and oxygen atoms in total. The molecule has 0 fully saturated rings. The van der Waals surface area contributed by atoms with Crippen LogP contribution in [0.3, 0.4) is 0 Å². The van der Waals surface area contributed by atoms with E-state index in [9.17, 15) is 9.90 Å². The molecular formula is C12H16O3. The van der Waals surface area contributed by atoms with Crippen molar-refractivity contribution >= 4 is 5.78 Å². The van der Waals surface area contributed by atoms with Gasteiger partial charge >= 0.3 is 0 Å². The van der Waals surface area contributed by atoms with Crippen LogP contribution in [0.1, 0.15) is 31.4 Å². The molecule has 1 N–H and O–H groups in total. The number of aliphatic hydroxyl groups is 1. The van der Waals surface area contributed by atoms with Gasteiger partial charge in [0, 0.05) is 12.8 Å². The summed E-state index contributed by atoms with van der Waals surface area (Å²) >= 11 is 0. The standard InChI is InChI=1S/C12H16O3/c1-3-10(13)8-12(14)9-4-6-11(15-2)7-5-9/h4-7,12,14H,3,8H2,1-2H3. The first kappa shape index (κ1) is 11.7. The summed E-state index contributed by atoms with van der Waals surface area (Å²) in [4.78, 5) is 11.1. The lowest BCUT2D eigenvalue weighted by molar-refractivity contribution is -0.120. The average Bonchev–Trinajstić information content (AvgIpc) is 2.29. The SMILES string of the molecule is CCC(=O)CC(O)c1ccc(OC)cc1. The van der Waals surface area contributed by atoms with Gasteiger partial charge < -0.3 is 9.84 Å². The van der Waals surface area contributed by atoms with Crippen LogP contribution >= 0.6 is 0 Å². The average molecular weight is 208 g/mol. The summed E-state index contributed by atoms with van der Waals surface area (Å²) in [6, 6.07) is 7.09. The van der Waals surface area contributed by atoms with Crippen LogP contribution in [-0.4, -0.2) is 18.0 Å². The zero-order valence-corrected chi connectivity index (χ0v) is 9.06. The molecule has 1 unspecified atom stereocenters. The van der Waals surface area contributed by atoms with E-state index in [0.29, 0.717) is 6.42 Å². The third kappa shape index (κ3) is 3.36. The fourth-order valence-corrected chi connectivity index (χ4v) is 1.30. The maximum absolute atomic E-state index is 11.1. The van der Waals surface area contributed by atoms with Gasteiger partial charge in [-0.2, -0.15) is 0 Å². The van der Waals surface area contributed by atoms with E-state index >= 15 is 0 Å². The van der Waals surface area contributed by atoms with Crippen LogP contribution in [0.2, 0.25) is 0 Å². The second-order valence-electron chi connectivity index (χ2n) is 3.39. The Morgan fingerprint density at radius 1 is 1.40 bits per heavy atom. The van der Waals surface area contributed by atoms with Crippen molar-refractivity contribution in [2.75, 3.05) is 7.11 Å². The summed E-state index contributed by atoms with van der Waals surface area (Å²) in [6.45, 7) is 1.79. The molecule has 0 aliphatic carbocycles. The highest BCUT2D eigenvalue weighted by atomic mass is 16.5. The molecule has 82 valence electrons. The van der Waals surface area contributed by atoms with Gasteiger partial charge in [0.15, 0.2) is 0 Å². The monoisotopic (exact) mass is 208 g/mol. The number of ether oxygens (including phenoxy) is 1. The zero-order chi connectivity index (χ0) is 11.3. The predicted molar refractivity (Wildman–Crippen MR) is 57.9 cm³/mol. The molecule has 1 aromatic carbocycles. The van der Waals surface area contributed by atoms with Crippen molar-refractivity contribution in [2.45, 2.75) is 25.9 Å². The normalized spacial score (nSPS) is 12.2. The molecule has 15 heavy (non-hydrogen) atoms. The van der Waals surface area contributed by atoms with Gasteiger partial charge in [0.2, 0.25) is 0 Å². The Kier molecular flexibility index (Phi) is 4.31. The number of carbonyl (C=O) groups is 1. The van der Waals surface area contributed by atoms with E-state index in [2.05, 4.69) is 0 Å². The van der Waals surface area contributed by atoms with Gasteiger partial charge in [-0.3, -0.25) is 4.79 Å². The molecule has 0 aliphatic heterocycles. The van der Waals surface area contributed by atoms with Gasteiger partial charge in [-0.25, -0.2) is 0 Å². The van der Waals surface area contributed by atoms with Gasteiger partial charge in [-0.15, -0.1) is 0 Å². The molecule has 1 rings (SSSR count). The predicted octanol–water partition coefficient (Wildman–Crippen LogP) is 2.10. The maximum atomic E-state index is 11.1. The van der Waals surface area contributed by atoms with Crippen molar-refractivity contribution in [3.8, 4) is 5.75 Å². The van der Waals surface area contributed by atoms with E-state index in [1.807, 2.05) is 0 Å². The summed E-state index contributed by atoms with van der Waals surface area (Å²) < 4.78 is 5.00. The van der Waals surface area contributed by atoms with E-state index < -0.39 is 6.10 Å². The molecule has 0 amide bonds. The van der Waals surface area contributed by atoms with Crippen LogP contribution in [0.4, 0.5) is 0 Å². The summed E-state index contributed by atoms with van der Waals surface area (Å²) in [5.41, 5.74) is 0.748. The summed E-state index contributed by atoms with van der Waals surface area (Å²) in [5.74, 6) is 0.811. The number of hydrogen-bond donors (Lipinski definition) is 1. The van der Waals surface area contributed by atoms with Crippen molar-refractivity contribution in [2.24, 2.45) is 0 Å². The molecule has 3 heteroatoms. The van der Waals surface area contributed by atoms with Crippen LogP contribution in [0.15, 0.2) is 24.3 Å². The lowest BCUT2D eigenvalue weighted by Crippen LogP contribution is -2.05. The number of rotatable bonds is 5. The largest absolute Gasteiger partial charge is 0.497 e. The van der Waals surface area contributed by atoms with Crippen LogP contribution in [-0.2, 0) is 4.79 Å². The fraction of sp³-hybridized carbons (Fsp3) is 0.417. The molecule has 0 aliphatic rings. The molecule has 0 saturated carbocycles. The molecule has 0 saturated heterocycles. The van der Waals surface area contributed by atoms with Crippen molar-refractivity contribution in [1.82, 2.24) is 0 Å². The number of methoxy groups -OCH3 is 1. The fourth-order valence-electron chi connectivity index (χ4n) is 1.30. The molecule has 0 radical (unpaired) electrons. The van der Waals surface area contributed by atoms with Crippen LogP contribution in [0.5, 0.6) is 5.75 Å². The second kappa shape index (κ2) is 5.51. The van der Waals surface area contributed by atoms with Gasteiger partial charge in [0.1, 0.15) is 11.5 Å². The Morgan fingerprint density at radius 2 is 2.00 bits per heavy atom. The van der Waals surface area contributed by atoms with Gasteiger partial charge in [-0.1, -0.05) is 19.1 Å². The zero-order valence-electron chi connectivity index (χ0n) is 9.06. The van der Waals surface area contributed by atoms with Crippen molar-refractivity contribution in [3.63, 3.8) is 0 Å². The molecule has 1 aromatic rings. The molecule has 0 spiro atoms. The molecule has 0 heterocycles. The third-order valence-electron chi connectivity index (χ3n) is 2.32. The van der Waals surface area contributed by atoms with E-state index in [-0.39, 0.29) is 12.2 Å². The first-order valence-electron chi connectivity index (χ1n) is 5.01. The minimum absolute atomic E-state index is 0.0679. The van der Waals surface area contributed by atoms with E-state index in [1.165, 1.54) is 0 Å². The Bertz CT molecular complexity index is 316. The maximum Gasteiger partial charge on any atom is 0.135 e. The summed E-state index contributed by atoms with van der Waals surface area (Å²) in [7, 11) is 1.59. The molecule has 1 atom stereocenters. The van der Waals surface area contributed by atoms with Crippen LogP contribution < -0.4 is 4.74 Å². The van der Waals surface area contributed by atoms with Crippen molar-refractivity contribution < 1.29 is 14.6 Å². The van der Waals surface area contributed by atoms with E-state index in [0.717, 1.165) is 11.3 Å². The highest BCUT2D eigenvalue weighted by Gasteiger charge is 2.11. The van der Waals surface area contributed by atoms with Crippen LogP contribution in [0.25, 0.3) is 0 Å². The van der Waals surface area contributed by atoms with Gasteiger partial charge in [0.05, 0.1) is 13.2 Å². The third-order valence-corrected chi connectivity index (χ3v) is 2.32. The van der Waals surface area contributed by atoms with E-state index in [4.69, 9.17) is 4.74 Å². The first-order valence-corrected chi connectivity index (χ1v) is 5.01. The van der Waals surface area contributed by atoms with Crippen molar-refractivity contribution in [1.29, 1.82) is 0 Å². The van der Waals surface area contributed by atoms with Crippen molar-refractivity contribution in [3.05, 3.63) is 29.8 Å².